The molecule has 10 nitrogen and oxygen atoms in total. The monoisotopic (exact) mass is 592 g/mol. The number of carboxylic acid groups (broad SMARTS) is 1. The Labute approximate surface area is 247 Å². The second-order valence-electron chi connectivity index (χ2n) is 9.24. The largest absolute Gasteiger partial charge is 0.490 e. The highest BCUT2D eigenvalue weighted by molar-refractivity contribution is 6.32. The smallest absolute Gasteiger partial charge is 0.335 e. The number of urea groups is 1. The van der Waals surface area contributed by atoms with Crippen LogP contribution in [0.1, 0.15) is 47.3 Å². The Morgan fingerprint density at radius 1 is 0.905 bits per heavy atom. The predicted molar refractivity (Wildman–Crippen MR) is 155 cm³/mol. The number of aromatic carboxylic acids is 1. The van der Waals surface area contributed by atoms with E-state index < -0.39 is 23.8 Å². The molecule has 218 valence electrons. The van der Waals surface area contributed by atoms with Crippen molar-refractivity contribution in [3.8, 4) is 17.2 Å². The Hall–Kier alpha value is -4.83. The molecule has 0 atom stereocenters. The second-order valence-corrected chi connectivity index (χ2v) is 9.68. The van der Waals surface area contributed by atoms with Gasteiger partial charge in [0, 0.05) is 10.6 Å². The summed E-state index contributed by atoms with van der Waals surface area (Å²) in [5.74, 6) is -1.32. The maximum absolute atomic E-state index is 13.4. The van der Waals surface area contributed by atoms with Crippen LogP contribution < -0.4 is 19.5 Å². The van der Waals surface area contributed by atoms with Gasteiger partial charge in [-0.1, -0.05) is 36.7 Å². The Morgan fingerprint density at radius 2 is 1.62 bits per heavy atom. The van der Waals surface area contributed by atoms with Crippen LogP contribution in [0, 0.1) is 0 Å². The van der Waals surface area contributed by atoms with Gasteiger partial charge < -0.3 is 19.3 Å². The summed E-state index contributed by atoms with van der Waals surface area (Å²) < 4.78 is 17.3. The van der Waals surface area contributed by atoms with Gasteiger partial charge in [0.1, 0.15) is 17.9 Å². The average Bonchev–Trinajstić information content (AvgIpc) is 2.97. The van der Waals surface area contributed by atoms with Crippen LogP contribution in [0.5, 0.6) is 17.2 Å². The predicted octanol–water partition coefficient (Wildman–Crippen LogP) is 5.47. The number of carbonyl (C=O) groups is 4. The maximum Gasteiger partial charge on any atom is 0.335 e. The number of amides is 4. The molecule has 42 heavy (non-hydrogen) atoms. The minimum absolute atomic E-state index is 0.0859. The van der Waals surface area contributed by atoms with Crippen LogP contribution in [0.25, 0.3) is 6.08 Å². The fraction of sp³-hybridized carbons (Fsp3) is 0.226. The topological polar surface area (TPSA) is 131 Å². The summed E-state index contributed by atoms with van der Waals surface area (Å²) in [4.78, 5) is 50.9. The molecule has 1 aliphatic rings. The third kappa shape index (κ3) is 7.27. The zero-order valence-corrected chi connectivity index (χ0v) is 23.8. The number of imide groups is 2. The van der Waals surface area contributed by atoms with Gasteiger partial charge in [0.15, 0.2) is 11.5 Å². The average molecular weight is 593 g/mol. The number of rotatable bonds is 12. The van der Waals surface area contributed by atoms with E-state index in [1.165, 1.54) is 24.3 Å². The van der Waals surface area contributed by atoms with Gasteiger partial charge in [-0.2, -0.15) is 0 Å². The minimum atomic E-state index is -1.04. The quantitative estimate of drug-likeness (QED) is 0.209. The van der Waals surface area contributed by atoms with E-state index >= 15 is 0 Å². The molecule has 1 aliphatic heterocycles. The number of hydrogen-bond donors (Lipinski definition) is 2. The molecule has 11 heteroatoms. The highest BCUT2D eigenvalue weighted by Crippen LogP contribution is 2.31. The summed E-state index contributed by atoms with van der Waals surface area (Å²) in [6.07, 6.45) is 2.14. The van der Waals surface area contributed by atoms with E-state index in [0.29, 0.717) is 52.2 Å². The first-order chi connectivity index (χ1) is 20.2. The van der Waals surface area contributed by atoms with E-state index in [1.807, 2.05) is 13.8 Å². The van der Waals surface area contributed by atoms with Crippen LogP contribution >= 0.6 is 11.6 Å². The zero-order valence-electron chi connectivity index (χ0n) is 23.0. The van der Waals surface area contributed by atoms with Gasteiger partial charge >= 0.3 is 12.0 Å². The number of ether oxygens (including phenoxy) is 3. The number of benzene rings is 3. The number of nitrogens with zero attached hydrogens (tertiary/aromatic N) is 1. The van der Waals surface area contributed by atoms with Gasteiger partial charge in [-0.25, -0.2) is 9.59 Å². The third-order valence-electron chi connectivity index (χ3n) is 6.16. The molecule has 0 bridgehead atoms. The van der Waals surface area contributed by atoms with Crippen molar-refractivity contribution in [3.63, 3.8) is 0 Å². The van der Waals surface area contributed by atoms with Crippen molar-refractivity contribution in [3.05, 3.63) is 93.5 Å². The zero-order chi connectivity index (χ0) is 30.2. The molecule has 1 saturated heterocycles. The Morgan fingerprint density at radius 3 is 2.31 bits per heavy atom. The van der Waals surface area contributed by atoms with E-state index in [4.69, 9.17) is 30.9 Å². The minimum Gasteiger partial charge on any atom is -0.490 e. The first-order valence-electron chi connectivity index (χ1n) is 13.2. The van der Waals surface area contributed by atoms with Crippen molar-refractivity contribution < 1.29 is 38.5 Å². The molecule has 3 aromatic carbocycles. The Kier molecular flexibility index (Phi) is 9.82. The fourth-order valence-corrected chi connectivity index (χ4v) is 4.27. The molecular weight excluding hydrogens is 564 g/mol. The number of barbiturate groups is 1. The molecule has 4 rings (SSSR count). The summed E-state index contributed by atoms with van der Waals surface area (Å²) >= 11 is 6.20. The van der Waals surface area contributed by atoms with Gasteiger partial charge in [0.05, 0.1) is 25.3 Å². The number of carboxylic acids is 1. The highest BCUT2D eigenvalue weighted by atomic mass is 35.5. The molecule has 0 radical (unpaired) electrons. The molecular formula is C31H29ClN2O8. The van der Waals surface area contributed by atoms with E-state index in [1.54, 1.807) is 42.5 Å². The molecule has 0 aromatic heterocycles. The van der Waals surface area contributed by atoms with Gasteiger partial charge in [-0.3, -0.25) is 19.8 Å². The molecule has 3 aromatic rings. The van der Waals surface area contributed by atoms with Gasteiger partial charge in [-0.15, -0.1) is 0 Å². The summed E-state index contributed by atoms with van der Waals surface area (Å²) in [7, 11) is 0. The molecule has 1 fully saturated rings. The lowest BCUT2D eigenvalue weighted by Crippen LogP contribution is -2.53. The van der Waals surface area contributed by atoms with Gasteiger partial charge in [0.2, 0.25) is 0 Å². The van der Waals surface area contributed by atoms with Crippen LogP contribution in [-0.4, -0.2) is 47.0 Å². The fourth-order valence-electron chi connectivity index (χ4n) is 4.09. The van der Waals surface area contributed by atoms with Crippen LogP contribution in [0.4, 0.5) is 4.79 Å². The van der Waals surface area contributed by atoms with Gasteiger partial charge in [-0.05, 0) is 73.0 Å². The van der Waals surface area contributed by atoms with E-state index in [-0.39, 0.29) is 24.3 Å². The van der Waals surface area contributed by atoms with Crippen molar-refractivity contribution in [2.75, 3.05) is 13.2 Å². The second kappa shape index (κ2) is 13.7. The van der Waals surface area contributed by atoms with Crippen LogP contribution in [0.2, 0.25) is 5.02 Å². The normalized spacial score (nSPS) is 14.1. The molecule has 0 aliphatic carbocycles. The van der Waals surface area contributed by atoms with Crippen molar-refractivity contribution in [2.45, 2.75) is 33.4 Å². The van der Waals surface area contributed by atoms with Crippen molar-refractivity contribution in [1.82, 2.24) is 10.2 Å². The lowest BCUT2D eigenvalue weighted by molar-refractivity contribution is -0.130. The number of hydrogen-bond acceptors (Lipinski definition) is 7. The Bertz CT molecular complexity index is 1530. The van der Waals surface area contributed by atoms with Crippen molar-refractivity contribution in [2.24, 2.45) is 0 Å². The lowest BCUT2D eigenvalue weighted by Gasteiger charge is -2.27. The number of carbonyl (C=O) groups excluding carboxylic acids is 3. The summed E-state index contributed by atoms with van der Waals surface area (Å²) in [6, 6.07) is 15.2. The highest BCUT2D eigenvalue weighted by Gasteiger charge is 2.36. The molecule has 2 N–H and O–H groups in total. The summed E-state index contributed by atoms with van der Waals surface area (Å²) in [5, 5.41) is 11.6. The first kappa shape index (κ1) is 30.1. The number of halogens is 1. The third-order valence-corrected chi connectivity index (χ3v) is 6.40. The summed E-state index contributed by atoms with van der Waals surface area (Å²) in [6.45, 7) is 4.70. The molecule has 0 saturated carbocycles. The SMILES string of the molecule is CCCOc1ccc(CN2C(=O)NC(=O)/C(=C\c3cc(Cl)ccc3OCc3ccc(C(=O)O)cc3)C2=O)cc1OCC. The first-order valence-corrected chi connectivity index (χ1v) is 13.6. The maximum atomic E-state index is 13.4. The molecule has 0 unspecified atom stereocenters. The van der Waals surface area contributed by atoms with E-state index in [0.717, 1.165) is 11.3 Å². The van der Waals surface area contributed by atoms with Crippen LogP contribution in [0.3, 0.4) is 0 Å². The van der Waals surface area contributed by atoms with Gasteiger partial charge in [0.25, 0.3) is 11.8 Å². The van der Waals surface area contributed by atoms with Crippen LogP contribution in [0.15, 0.2) is 66.2 Å². The van der Waals surface area contributed by atoms with Crippen molar-refractivity contribution in [1.29, 1.82) is 0 Å². The molecule has 0 spiro atoms. The lowest BCUT2D eigenvalue weighted by atomic mass is 10.1. The number of nitrogens with one attached hydrogen (secondary N) is 1. The Balaban J connectivity index is 1.57. The summed E-state index contributed by atoms with van der Waals surface area (Å²) in [5.41, 5.74) is 1.51. The molecule has 4 amide bonds. The van der Waals surface area contributed by atoms with Crippen molar-refractivity contribution >= 4 is 41.5 Å². The van der Waals surface area contributed by atoms with E-state index in [2.05, 4.69) is 5.32 Å². The van der Waals surface area contributed by atoms with Crippen LogP contribution in [-0.2, 0) is 22.7 Å². The molecule has 1 heterocycles. The standard InChI is InChI=1S/C31H29ClN2O8/c1-3-13-41-26-11-7-20(14-27(26)40-4-2)17-34-29(36)24(28(35)33-31(34)39)16-22-15-23(32)10-12-25(22)42-18-19-5-8-21(9-6-19)30(37)38/h5-12,14-16H,3-4,13,17-18H2,1-2H3,(H,37,38)(H,33,35,39)/b24-16+. The van der Waals surface area contributed by atoms with E-state index in [9.17, 15) is 19.2 Å².